The molecule has 1 N–H and O–H groups in total. The van der Waals surface area contributed by atoms with E-state index < -0.39 is 15.3 Å². The number of thiophene rings is 1. The van der Waals surface area contributed by atoms with Crippen LogP contribution in [0.25, 0.3) is 0 Å². The van der Waals surface area contributed by atoms with Crippen LogP contribution in [0.3, 0.4) is 0 Å². The standard InChI is InChI=1S/C18H20N2O3S2/c1-18(2,17(21)20-13-15-5-3-11-24-15)14-6-8-16(9-7-14)25(22,23)12-4-10-19/h3,5-9,11H,4,12-13H2,1-2H3,(H,20,21). The molecule has 0 radical (unpaired) electrons. The van der Waals surface area contributed by atoms with Crippen molar-refractivity contribution in [2.45, 2.75) is 37.1 Å². The van der Waals surface area contributed by atoms with Crippen molar-refractivity contribution in [1.82, 2.24) is 5.32 Å². The van der Waals surface area contributed by atoms with Gasteiger partial charge in [0.1, 0.15) is 0 Å². The van der Waals surface area contributed by atoms with E-state index in [1.54, 1.807) is 37.3 Å². The van der Waals surface area contributed by atoms with Gasteiger partial charge in [0.15, 0.2) is 9.84 Å². The molecule has 132 valence electrons. The topological polar surface area (TPSA) is 87.0 Å². The normalized spacial score (nSPS) is 11.7. The molecule has 1 aromatic carbocycles. The van der Waals surface area contributed by atoms with Gasteiger partial charge in [-0.2, -0.15) is 5.26 Å². The largest absolute Gasteiger partial charge is 0.350 e. The molecule has 1 heterocycles. The summed E-state index contributed by atoms with van der Waals surface area (Å²) in [5.74, 6) is -0.325. The Morgan fingerprint density at radius 1 is 1.24 bits per heavy atom. The summed E-state index contributed by atoms with van der Waals surface area (Å²) in [6.45, 7) is 4.08. The highest BCUT2D eigenvalue weighted by molar-refractivity contribution is 7.91. The SMILES string of the molecule is CC(C)(C(=O)NCc1cccs1)c1ccc(S(=O)(=O)CCC#N)cc1. The van der Waals surface area contributed by atoms with E-state index in [1.807, 2.05) is 23.6 Å². The van der Waals surface area contributed by atoms with E-state index >= 15 is 0 Å². The number of nitrogens with one attached hydrogen (secondary N) is 1. The third-order valence-corrected chi connectivity index (χ3v) is 6.60. The van der Waals surface area contributed by atoms with Crippen LogP contribution in [0.15, 0.2) is 46.7 Å². The van der Waals surface area contributed by atoms with E-state index in [2.05, 4.69) is 5.32 Å². The summed E-state index contributed by atoms with van der Waals surface area (Å²) in [7, 11) is -3.47. The molecule has 0 aliphatic rings. The number of hydrogen-bond donors (Lipinski definition) is 1. The predicted molar refractivity (Wildman–Crippen MR) is 97.9 cm³/mol. The summed E-state index contributed by atoms with van der Waals surface area (Å²) in [6.07, 6.45) is -0.0410. The minimum atomic E-state index is -3.47. The van der Waals surface area contributed by atoms with Gasteiger partial charge in [0.25, 0.3) is 0 Å². The molecule has 7 heteroatoms. The van der Waals surface area contributed by atoms with Crippen LogP contribution in [0.1, 0.15) is 30.7 Å². The van der Waals surface area contributed by atoms with Gasteiger partial charge >= 0.3 is 0 Å². The monoisotopic (exact) mass is 376 g/mol. The van der Waals surface area contributed by atoms with E-state index in [0.717, 1.165) is 10.4 Å². The first-order chi connectivity index (χ1) is 11.8. The third-order valence-electron chi connectivity index (χ3n) is 3.99. The fourth-order valence-electron chi connectivity index (χ4n) is 2.31. The number of nitriles is 1. The quantitative estimate of drug-likeness (QED) is 0.805. The number of benzene rings is 1. The maximum atomic E-state index is 12.5. The van der Waals surface area contributed by atoms with Crippen LogP contribution >= 0.6 is 11.3 Å². The average Bonchev–Trinajstić information content (AvgIpc) is 3.11. The van der Waals surface area contributed by atoms with Crippen molar-refractivity contribution in [2.75, 3.05) is 5.75 Å². The van der Waals surface area contributed by atoms with Crippen LogP contribution in [-0.2, 0) is 26.6 Å². The van der Waals surface area contributed by atoms with Crippen LogP contribution in [-0.4, -0.2) is 20.1 Å². The van der Waals surface area contributed by atoms with E-state index in [9.17, 15) is 13.2 Å². The molecule has 0 saturated carbocycles. The molecule has 0 unspecified atom stereocenters. The molecule has 0 saturated heterocycles. The second-order valence-electron chi connectivity index (χ2n) is 6.14. The maximum Gasteiger partial charge on any atom is 0.230 e. The zero-order valence-electron chi connectivity index (χ0n) is 14.2. The molecule has 25 heavy (non-hydrogen) atoms. The van der Waals surface area contributed by atoms with Crippen molar-refractivity contribution in [1.29, 1.82) is 5.26 Å². The fraction of sp³-hybridized carbons (Fsp3) is 0.333. The van der Waals surface area contributed by atoms with Gasteiger partial charge in [0.2, 0.25) is 5.91 Å². The number of hydrogen-bond acceptors (Lipinski definition) is 5. The smallest absolute Gasteiger partial charge is 0.230 e. The Morgan fingerprint density at radius 2 is 1.92 bits per heavy atom. The maximum absolute atomic E-state index is 12.5. The first kappa shape index (κ1) is 19.2. The van der Waals surface area contributed by atoms with Gasteiger partial charge in [0, 0.05) is 11.3 Å². The fourth-order valence-corrected chi connectivity index (χ4v) is 4.10. The summed E-state index contributed by atoms with van der Waals surface area (Å²) in [5, 5.41) is 13.4. The Bertz CT molecular complexity index is 862. The van der Waals surface area contributed by atoms with Crippen molar-refractivity contribution < 1.29 is 13.2 Å². The van der Waals surface area contributed by atoms with Gasteiger partial charge in [0.05, 0.1) is 28.7 Å². The lowest BCUT2D eigenvalue weighted by Crippen LogP contribution is -2.39. The second kappa shape index (κ2) is 7.81. The van der Waals surface area contributed by atoms with E-state index in [-0.39, 0.29) is 23.0 Å². The third kappa shape index (κ3) is 4.68. The Balaban J connectivity index is 2.11. The number of carbonyl (C=O) groups excluding carboxylic acids is 1. The van der Waals surface area contributed by atoms with E-state index in [1.165, 1.54) is 12.1 Å². The zero-order valence-corrected chi connectivity index (χ0v) is 15.8. The van der Waals surface area contributed by atoms with Crippen molar-refractivity contribution in [3.8, 4) is 6.07 Å². The van der Waals surface area contributed by atoms with Crippen molar-refractivity contribution in [3.05, 3.63) is 52.2 Å². The van der Waals surface area contributed by atoms with Gasteiger partial charge < -0.3 is 5.32 Å². The summed E-state index contributed by atoms with van der Waals surface area (Å²) in [6, 6.07) is 12.0. The summed E-state index contributed by atoms with van der Waals surface area (Å²) < 4.78 is 24.2. The molecule has 0 fully saturated rings. The Labute approximate surface area is 152 Å². The first-order valence-electron chi connectivity index (χ1n) is 7.78. The van der Waals surface area contributed by atoms with Gasteiger partial charge in [-0.3, -0.25) is 4.79 Å². The molecule has 0 aliphatic heterocycles. The molecule has 1 amide bonds. The number of rotatable bonds is 7. The molecular formula is C18H20N2O3S2. The minimum absolute atomic E-state index is 0.0410. The minimum Gasteiger partial charge on any atom is -0.350 e. The molecule has 2 rings (SSSR count). The number of carbonyl (C=O) groups is 1. The number of nitrogens with zero attached hydrogens (tertiary/aromatic N) is 1. The molecule has 5 nitrogen and oxygen atoms in total. The lowest BCUT2D eigenvalue weighted by Gasteiger charge is -2.24. The van der Waals surface area contributed by atoms with Crippen LogP contribution in [0.4, 0.5) is 0 Å². The van der Waals surface area contributed by atoms with Crippen LogP contribution in [0, 0.1) is 11.3 Å². The summed E-state index contributed by atoms with van der Waals surface area (Å²) in [5.41, 5.74) is -0.0536. The van der Waals surface area contributed by atoms with Crippen LogP contribution in [0.5, 0.6) is 0 Å². The Kier molecular flexibility index (Phi) is 5.98. The van der Waals surface area contributed by atoms with Crippen LogP contribution in [0.2, 0.25) is 0 Å². The van der Waals surface area contributed by atoms with Crippen molar-refractivity contribution in [2.24, 2.45) is 0 Å². The number of amides is 1. The zero-order chi connectivity index (χ0) is 18.5. The molecule has 1 aromatic heterocycles. The van der Waals surface area contributed by atoms with Gasteiger partial charge in [-0.25, -0.2) is 8.42 Å². The van der Waals surface area contributed by atoms with Crippen LogP contribution < -0.4 is 5.32 Å². The molecule has 0 bridgehead atoms. The van der Waals surface area contributed by atoms with Gasteiger partial charge in [-0.05, 0) is 43.0 Å². The molecule has 0 aliphatic carbocycles. The Morgan fingerprint density at radius 3 is 2.48 bits per heavy atom. The highest BCUT2D eigenvalue weighted by Gasteiger charge is 2.30. The lowest BCUT2D eigenvalue weighted by atomic mass is 9.84. The lowest BCUT2D eigenvalue weighted by molar-refractivity contribution is -0.125. The second-order valence-corrected chi connectivity index (χ2v) is 9.28. The highest BCUT2D eigenvalue weighted by atomic mass is 32.2. The molecular weight excluding hydrogens is 356 g/mol. The van der Waals surface area contributed by atoms with Crippen molar-refractivity contribution in [3.63, 3.8) is 0 Å². The molecule has 0 atom stereocenters. The number of sulfone groups is 1. The van der Waals surface area contributed by atoms with E-state index in [4.69, 9.17) is 5.26 Å². The molecule has 0 spiro atoms. The van der Waals surface area contributed by atoms with Gasteiger partial charge in [-0.1, -0.05) is 18.2 Å². The summed E-state index contributed by atoms with van der Waals surface area (Å²) >= 11 is 1.58. The highest BCUT2D eigenvalue weighted by Crippen LogP contribution is 2.25. The molecule has 2 aromatic rings. The predicted octanol–water partition coefficient (Wildman–Crippen LogP) is 3.03. The average molecular weight is 377 g/mol. The Hall–Kier alpha value is -2.17. The van der Waals surface area contributed by atoms with Gasteiger partial charge in [-0.15, -0.1) is 11.3 Å². The van der Waals surface area contributed by atoms with E-state index in [0.29, 0.717) is 6.54 Å². The summed E-state index contributed by atoms with van der Waals surface area (Å²) in [4.78, 5) is 13.8. The first-order valence-corrected chi connectivity index (χ1v) is 10.3. The van der Waals surface area contributed by atoms with Crippen molar-refractivity contribution >= 4 is 27.1 Å².